The van der Waals surface area contributed by atoms with E-state index in [0.29, 0.717) is 18.1 Å². The third-order valence-corrected chi connectivity index (χ3v) is 5.22. The Kier molecular flexibility index (Phi) is 6.29. The number of rotatable bonds is 6. The van der Waals surface area contributed by atoms with Crippen LogP contribution in [0.25, 0.3) is 10.9 Å². The molecule has 0 amide bonds. The summed E-state index contributed by atoms with van der Waals surface area (Å²) in [7, 11) is 3.96. The van der Waals surface area contributed by atoms with Gasteiger partial charge in [0.15, 0.2) is 0 Å². The largest absolute Gasteiger partial charge is 0.416 e. The summed E-state index contributed by atoms with van der Waals surface area (Å²) in [4.78, 5) is 15.5. The van der Waals surface area contributed by atoms with E-state index in [9.17, 15) is 13.2 Å². The number of pyridine rings is 1. The van der Waals surface area contributed by atoms with Crippen LogP contribution in [0.15, 0.2) is 66.9 Å². The molecule has 170 valence electrons. The highest BCUT2D eigenvalue weighted by Crippen LogP contribution is 2.32. The first-order chi connectivity index (χ1) is 15.7. The van der Waals surface area contributed by atoms with Crippen LogP contribution in [0.1, 0.15) is 34.1 Å². The quantitative estimate of drug-likeness (QED) is 0.413. The number of aryl methyl sites for hydroxylation is 1. The monoisotopic (exact) mass is 451 g/mol. The number of nitrogens with zero attached hydrogens (tertiary/aromatic N) is 4. The van der Waals surface area contributed by atoms with Crippen molar-refractivity contribution < 1.29 is 13.2 Å². The molecular formula is C25H24F3N5. The fraction of sp³-hybridized carbons (Fsp3) is 0.240. The molecule has 0 fully saturated rings. The number of aromatic nitrogens is 3. The second kappa shape index (κ2) is 9.15. The Bertz CT molecular complexity index is 1250. The first-order valence-corrected chi connectivity index (χ1v) is 10.5. The van der Waals surface area contributed by atoms with E-state index in [2.05, 4.69) is 15.3 Å². The van der Waals surface area contributed by atoms with Gasteiger partial charge in [-0.25, -0.2) is 9.97 Å². The van der Waals surface area contributed by atoms with Gasteiger partial charge in [0.1, 0.15) is 0 Å². The molecule has 8 heteroatoms. The van der Waals surface area contributed by atoms with Crippen molar-refractivity contribution in [2.45, 2.75) is 25.7 Å². The third-order valence-electron chi connectivity index (χ3n) is 5.22. The Morgan fingerprint density at radius 2 is 1.61 bits per heavy atom. The lowest BCUT2D eigenvalue weighted by Gasteiger charge is -2.21. The standard InChI is InChI=1S/C25H24F3N5/c1-16-12-13-29-24(30-16)32-23(18-6-9-20(10-7-18)25(26,27)28)19-5-4-17-8-11-21(15-33(2)3)31-22(17)14-19/h4-14,23H,15H2,1-3H3,(H,29,30,32)/t23-/m1/s1. The maximum Gasteiger partial charge on any atom is 0.416 e. The van der Waals surface area contributed by atoms with Crippen LogP contribution in [0.4, 0.5) is 19.1 Å². The molecule has 0 spiro atoms. The summed E-state index contributed by atoms with van der Waals surface area (Å²) in [5, 5.41) is 4.27. The van der Waals surface area contributed by atoms with Crippen molar-refractivity contribution in [1.29, 1.82) is 0 Å². The molecule has 4 aromatic rings. The molecule has 4 rings (SSSR count). The lowest BCUT2D eigenvalue weighted by molar-refractivity contribution is -0.137. The van der Waals surface area contributed by atoms with Crippen LogP contribution in [-0.4, -0.2) is 33.9 Å². The van der Waals surface area contributed by atoms with Gasteiger partial charge in [0.2, 0.25) is 5.95 Å². The van der Waals surface area contributed by atoms with E-state index in [-0.39, 0.29) is 0 Å². The zero-order valence-corrected chi connectivity index (χ0v) is 18.6. The summed E-state index contributed by atoms with van der Waals surface area (Å²) in [5.41, 5.74) is 3.36. The van der Waals surface area contributed by atoms with E-state index in [4.69, 9.17) is 4.98 Å². The van der Waals surface area contributed by atoms with Gasteiger partial charge in [0, 0.05) is 23.8 Å². The molecular weight excluding hydrogens is 427 g/mol. The van der Waals surface area contributed by atoms with Gasteiger partial charge in [-0.3, -0.25) is 4.98 Å². The molecule has 1 N–H and O–H groups in total. The lowest BCUT2D eigenvalue weighted by Crippen LogP contribution is -2.15. The van der Waals surface area contributed by atoms with Gasteiger partial charge in [-0.1, -0.05) is 30.3 Å². The highest BCUT2D eigenvalue weighted by Gasteiger charge is 2.30. The van der Waals surface area contributed by atoms with Crippen LogP contribution in [0.3, 0.4) is 0 Å². The molecule has 2 aromatic heterocycles. The predicted molar refractivity (Wildman–Crippen MR) is 123 cm³/mol. The minimum absolute atomic E-state index is 0.398. The van der Waals surface area contributed by atoms with Gasteiger partial charge in [0.25, 0.3) is 0 Å². The molecule has 0 unspecified atom stereocenters. The Morgan fingerprint density at radius 3 is 2.27 bits per heavy atom. The van der Waals surface area contributed by atoms with Gasteiger partial charge in [-0.05, 0) is 62.5 Å². The van der Waals surface area contributed by atoms with Gasteiger partial charge in [-0.15, -0.1) is 0 Å². The van der Waals surface area contributed by atoms with Crippen LogP contribution >= 0.6 is 0 Å². The topological polar surface area (TPSA) is 53.9 Å². The minimum Gasteiger partial charge on any atom is -0.343 e. The van der Waals surface area contributed by atoms with Crippen LogP contribution in [0, 0.1) is 6.92 Å². The summed E-state index contributed by atoms with van der Waals surface area (Å²) in [6.07, 6.45) is -2.75. The van der Waals surface area contributed by atoms with Crippen LogP contribution in [0.2, 0.25) is 0 Å². The fourth-order valence-corrected chi connectivity index (χ4v) is 3.64. The van der Waals surface area contributed by atoms with E-state index in [0.717, 1.165) is 40.0 Å². The Balaban J connectivity index is 1.77. The molecule has 0 aliphatic rings. The van der Waals surface area contributed by atoms with Crippen LogP contribution in [-0.2, 0) is 12.7 Å². The zero-order chi connectivity index (χ0) is 23.6. The molecule has 0 aliphatic carbocycles. The molecule has 2 heterocycles. The second-order valence-corrected chi connectivity index (χ2v) is 8.21. The van der Waals surface area contributed by atoms with Crippen LogP contribution < -0.4 is 5.32 Å². The number of benzene rings is 2. The average molecular weight is 451 g/mol. The number of halogens is 3. The van der Waals surface area contributed by atoms with Crippen molar-refractivity contribution >= 4 is 16.9 Å². The van der Waals surface area contributed by atoms with E-state index in [1.54, 1.807) is 12.3 Å². The summed E-state index contributed by atoms with van der Waals surface area (Å²) < 4.78 is 39.3. The highest BCUT2D eigenvalue weighted by molar-refractivity contribution is 5.79. The van der Waals surface area contributed by atoms with Crippen molar-refractivity contribution in [3.8, 4) is 0 Å². The van der Waals surface area contributed by atoms with Crippen molar-refractivity contribution in [1.82, 2.24) is 19.9 Å². The first kappa shape index (κ1) is 22.7. The maximum absolute atomic E-state index is 13.1. The Hall–Kier alpha value is -3.52. The van der Waals surface area contributed by atoms with Crippen molar-refractivity contribution in [3.63, 3.8) is 0 Å². The van der Waals surface area contributed by atoms with Crippen LogP contribution in [0.5, 0.6) is 0 Å². The van der Waals surface area contributed by atoms with E-state index in [1.165, 1.54) is 12.1 Å². The molecule has 5 nitrogen and oxygen atoms in total. The summed E-state index contributed by atoms with van der Waals surface area (Å²) in [6, 6.07) is 16.4. The molecule has 0 aliphatic heterocycles. The Morgan fingerprint density at radius 1 is 0.909 bits per heavy atom. The predicted octanol–water partition coefficient (Wildman–Crippen LogP) is 5.62. The van der Waals surface area contributed by atoms with Crippen molar-refractivity contribution in [2.75, 3.05) is 19.4 Å². The number of hydrogen-bond donors (Lipinski definition) is 1. The molecule has 0 radical (unpaired) electrons. The van der Waals surface area contributed by atoms with Gasteiger partial charge >= 0.3 is 6.18 Å². The highest BCUT2D eigenvalue weighted by atomic mass is 19.4. The van der Waals surface area contributed by atoms with Crippen molar-refractivity contribution in [2.24, 2.45) is 0 Å². The maximum atomic E-state index is 13.1. The number of hydrogen-bond acceptors (Lipinski definition) is 5. The SMILES string of the molecule is Cc1ccnc(N[C@H](c2ccc(C(F)(F)F)cc2)c2ccc3ccc(CN(C)C)nc3c2)n1. The van der Waals surface area contributed by atoms with E-state index >= 15 is 0 Å². The molecule has 0 saturated carbocycles. The molecule has 0 bridgehead atoms. The lowest BCUT2D eigenvalue weighted by atomic mass is 9.96. The smallest absolute Gasteiger partial charge is 0.343 e. The summed E-state index contributed by atoms with van der Waals surface area (Å²) in [5.74, 6) is 0.398. The zero-order valence-electron chi connectivity index (χ0n) is 18.6. The second-order valence-electron chi connectivity index (χ2n) is 8.21. The minimum atomic E-state index is -4.39. The first-order valence-electron chi connectivity index (χ1n) is 10.5. The van der Waals surface area contributed by atoms with E-state index in [1.807, 2.05) is 56.3 Å². The normalized spacial score (nSPS) is 12.8. The number of anilines is 1. The molecule has 33 heavy (non-hydrogen) atoms. The average Bonchev–Trinajstić information content (AvgIpc) is 2.76. The molecule has 1 atom stereocenters. The van der Waals surface area contributed by atoms with E-state index < -0.39 is 17.8 Å². The number of fused-ring (bicyclic) bond motifs is 1. The Labute approximate surface area is 190 Å². The number of alkyl halides is 3. The van der Waals surface area contributed by atoms with Crippen molar-refractivity contribution in [3.05, 3.63) is 94.9 Å². The summed E-state index contributed by atoms with van der Waals surface area (Å²) in [6.45, 7) is 2.56. The summed E-state index contributed by atoms with van der Waals surface area (Å²) >= 11 is 0. The number of nitrogens with one attached hydrogen (secondary N) is 1. The fourth-order valence-electron chi connectivity index (χ4n) is 3.64. The van der Waals surface area contributed by atoms with Gasteiger partial charge in [-0.2, -0.15) is 13.2 Å². The molecule has 0 saturated heterocycles. The van der Waals surface area contributed by atoms with Gasteiger partial charge in [0.05, 0.1) is 22.8 Å². The molecule has 2 aromatic carbocycles. The van der Waals surface area contributed by atoms with Gasteiger partial charge < -0.3 is 10.2 Å². The third kappa shape index (κ3) is 5.46.